The maximum atomic E-state index is 12.9. The van der Waals surface area contributed by atoms with Crippen LogP contribution in [0.15, 0.2) is 83.8 Å². The van der Waals surface area contributed by atoms with Crippen molar-refractivity contribution >= 4 is 21.6 Å². The Bertz CT molecular complexity index is 1060. The Balaban J connectivity index is 1.84. The zero-order chi connectivity index (χ0) is 20.1. The van der Waals surface area contributed by atoms with Crippen LogP contribution in [0.2, 0.25) is 0 Å². The summed E-state index contributed by atoms with van der Waals surface area (Å²) in [7, 11) is -2.31. The first-order valence-electron chi connectivity index (χ1n) is 8.86. The smallest absolute Gasteiger partial charge is 0.264 e. The van der Waals surface area contributed by atoms with Gasteiger partial charge in [-0.25, -0.2) is 8.42 Å². The van der Waals surface area contributed by atoms with Crippen LogP contribution in [-0.2, 0) is 16.6 Å². The minimum atomic E-state index is -3.77. The lowest BCUT2D eigenvalue weighted by atomic mass is 10.1. The summed E-state index contributed by atoms with van der Waals surface area (Å²) in [6, 6.07) is 22.7. The summed E-state index contributed by atoms with van der Waals surface area (Å²) in [5.74, 6) is -0.328. The van der Waals surface area contributed by atoms with Crippen molar-refractivity contribution in [3.05, 3.63) is 95.6 Å². The molecule has 5 nitrogen and oxygen atoms in total. The van der Waals surface area contributed by atoms with E-state index in [0.29, 0.717) is 17.8 Å². The molecule has 1 N–H and O–H groups in total. The Morgan fingerprint density at radius 2 is 1.50 bits per heavy atom. The fourth-order valence-electron chi connectivity index (χ4n) is 2.80. The molecule has 1 amide bonds. The van der Waals surface area contributed by atoms with Gasteiger partial charge in [-0.2, -0.15) is 0 Å². The number of carbonyl (C=O) groups excluding carboxylic acids is 1. The second kappa shape index (κ2) is 8.27. The molecule has 144 valence electrons. The van der Waals surface area contributed by atoms with Crippen LogP contribution in [0, 0.1) is 6.92 Å². The molecule has 28 heavy (non-hydrogen) atoms. The van der Waals surface area contributed by atoms with Crippen molar-refractivity contribution in [2.45, 2.75) is 18.4 Å². The molecule has 0 unspecified atom stereocenters. The lowest BCUT2D eigenvalue weighted by Gasteiger charge is -2.22. The molecule has 0 bridgehead atoms. The molecule has 0 saturated carbocycles. The van der Waals surface area contributed by atoms with E-state index < -0.39 is 10.0 Å². The molecule has 0 aliphatic rings. The van der Waals surface area contributed by atoms with E-state index in [1.54, 1.807) is 42.5 Å². The number of sulfonamides is 1. The molecule has 3 rings (SSSR count). The largest absolute Gasteiger partial charge is 0.348 e. The van der Waals surface area contributed by atoms with Gasteiger partial charge in [0.1, 0.15) is 0 Å². The maximum Gasteiger partial charge on any atom is 0.264 e. The topological polar surface area (TPSA) is 66.5 Å². The van der Waals surface area contributed by atoms with Gasteiger partial charge in [0.15, 0.2) is 0 Å². The quantitative estimate of drug-likeness (QED) is 0.692. The molecule has 0 aliphatic carbocycles. The van der Waals surface area contributed by atoms with Gasteiger partial charge >= 0.3 is 0 Å². The van der Waals surface area contributed by atoms with E-state index in [9.17, 15) is 13.2 Å². The Hall–Kier alpha value is -3.12. The minimum absolute atomic E-state index is 0.173. The van der Waals surface area contributed by atoms with Crippen molar-refractivity contribution in [1.29, 1.82) is 0 Å². The number of para-hydroxylation sites is 1. The summed E-state index contributed by atoms with van der Waals surface area (Å²) in [5, 5.41) is 2.86. The van der Waals surface area contributed by atoms with Crippen LogP contribution in [0.1, 0.15) is 21.5 Å². The average Bonchev–Trinajstić information content (AvgIpc) is 2.73. The fraction of sp³-hybridized carbons (Fsp3) is 0.136. The van der Waals surface area contributed by atoms with Gasteiger partial charge in [0.2, 0.25) is 0 Å². The zero-order valence-corrected chi connectivity index (χ0v) is 16.6. The normalized spacial score (nSPS) is 11.1. The first-order valence-corrected chi connectivity index (χ1v) is 10.3. The van der Waals surface area contributed by atoms with Gasteiger partial charge in [0.25, 0.3) is 15.9 Å². The number of nitrogens with zero attached hydrogens (tertiary/aromatic N) is 1. The van der Waals surface area contributed by atoms with Crippen LogP contribution in [0.3, 0.4) is 0 Å². The van der Waals surface area contributed by atoms with Crippen LogP contribution in [0.5, 0.6) is 0 Å². The third kappa shape index (κ3) is 4.23. The van der Waals surface area contributed by atoms with Crippen LogP contribution >= 0.6 is 0 Å². The Kier molecular flexibility index (Phi) is 5.80. The Morgan fingerprint density at radius 1 is 0.893 bits per heavy atom. The molecule has 6 heteroatoms. The predicted molar refractivity (Wildman–Crippen MR) is 111 cm³/mol. The molecule has 0 aromatic heterocycles. The number of hydrogen-bond acceptors (Lipinski definition) is 3. The van der Waals surface area contributed by atoms with Gasteiger partial charge in [-0.1, -0.05) is 60.2 Å². The molecule has 0 radical (unpaired) electrons. The first kappa shape index (κ1) is 19.6. The summed E-state index contributed by atoms with van der Waals surface area (Å²) >= 11 is 0. The van der Waals surface area contributed by atoms with E-state index in [2.05, 4.69) is 5.32 Å². The zero-order valence-electron chi connectivity index (χ0n) is 15.8. The Morgan fingerprint density at radius 3 is 2.18 bits per heavy atom. The van der Waals surface area contributed by atoms with E-state index in [1.165, 1.54) is 19.2 Å². The van der Waals surface area contributed by atoms with E-state index >= 15 is 0 Å². The van der Waals surface area contributed by atoms with Crippen molar-refractivity contribution in [2.24, 2.45) is 0 Å². The molecule has 0 saturated heterocycles. The second-order valence-corrected chi connectivity index (χ2v) is 8.44. The number of nitrogens with one attached hydrogen (secondary N) is 1. The van der Waals surface area contributed by atoms with Gasteiger partial charge in [-0.05, 0) is 36.8 Å². The van der Waals surface area contributed by atoms with Gasteiger partial charge in [-0.3, -0.25) is 9.10 Å². The molecular weight excluding hydrogens is 372 g/mol. The predicted octanol–water partition coefficient (Wildman–Crippen LogP) is 3.75. The molecule has 0 fully saturated rings. The van der Waals surface area contributed by atoms with E-state index in [4.69, 9.17) is 0 Å². The fourth-order valence-corrected chi connectivity index (χ4v) is 4.04. The SMILES string of the molecule is Cc1ccc(CNC(=O)c2ccccc2N(C)S(=O)(=O)c2ccccc2)cc1. The summed E-state index contributed by atoms with van der Waals surface area (Å²) in [5.41, 5.74) is 2.75. The summed E-state index contributed by atoms with van der Waals surface area (Å²) in [6.45, 7) is 2.37. The molecular formula is C22H22N2O3S. The van der Waals surface area contributed by atoms with Crippen molar-refractivity contribution in [3.63, 3.8) is 0 Å². The lowest BCUT2D eigenvalue weighted by molar-refractivity contribution is 0.0951. The first-order chi connectivity index (χ1) is 13.4. The monoisotopic (exact) mass is 394 g/mol. The number of carbonyl (C=O) groups is 1. The van der Waals surface area contributed by atoms with E-state index in [-0.39, 0.29) is 10.8 Å². The standard InChI is InChI=1S/C22H22N2O3S/c1-17-12-14-18(15-13-17)16-23-22(25)20-10-6-7-11-21(20)24(2)28(26,27)19-8-4-3-5-9-19/h3-15H,16H2,1-2H3,(H,23,25). The number of hydrogen-bond donors (Lipinski definition) is 1. The maximum absolute atomic E-state index is 12.9. The molecule has 3 aromatic rings. The lowest BCUT2D eigenvalue weighted by Crippen LogP contribution is -2.30. The highest BCUT2D eigenvalue weighted by atomic mass is 32.2. The molecule has 0 heterocycles. The molecule has 3 aromatic carbocycles. The van der Waals surface area contributed by atoms with Crippen LogP contribution in [-0.4, -0.2) is 21.4 Å². The van der Waals surface area contributed by atoms with E-state index in [0.717, 1.165) is 15.4 Å². The summed E-state index contributed by atoms with van der Waals surface area (Å²) < 4.78 is 27.0. The van der Waals surface area contributed by atoms with Crippen molar-refractivity contribution in [2.75, 3.05) is 11.4 Å². The minimum Gasteiger partial charge on any atom is -0.348 e. The Labute approximate surface area is 165 Å². The highest BCUT2D eigenvalue weighted by molar-refractivity contribution is 7.92. The summed E-state index contributed by atoms with van der Waals surface area (Å²) in [4.78, 5) is 12.9. The number of rotatable bonds is 6. The van der Waals surface area contributed by atoms with Crippen molar-refractivity contribution in [3.8, 4) is 0 Å². The molecule has 0 atom stereocenters. The van der Waals surface area contributed by atoms with Crippen molar-refractivity contribution in [1.82, 2.24) is 5.32 Å². The van der Waals surface area contributed by atoms with Gasteiger partial charge in [0, 0.05) is 13.6 Å². The number of amides is 1. The highest BCUT2D eigenvalue weighted by Gasteiger charge is 2.24. The van der Waals surface area contributed by atoms with Crippen LogP contribution in [0.25, 0.3) is 0 Å². The average molecular weight is 394 g/mol. The highest BCUT2D eigenvalue weighted by Crippen LogP contribution is 2.25. The molecule has 0 spiro atoms. The van der Waals surface area contributed by atoms with Gasteiger partial charge < -0.3 is 5.32 Å². The number of benzene rings is 3. The number of anilines is 1. The third-order valence-corrected chi connectivity index (χ3v) is 6.25. The third-order valence-electron chi connectivity index (χ3n) is 4.46. The van der Waals surface area contributed by atoms with Gasteiger partial charge in [0.05, 0.1) is 16.1 Å². The summed E-state index contributed by atoms with van der Waals surface area (Å²) in [6.07, 6.45) is 0. The number of aryl methyl sites for hydroxylation is 1. The van der Waals surface area contributed by atoms with Crippen LogP contribution in [0.4, 0.5) is 5.69 Å². The van der Waals surface area contributed by atoms with Crippen LogP contribution < -0.4 is 9.62 Å². The second-order valence-electron chi connectivity index (χ2n) is 6.47. The van der Waals surface area contributed by atoms with Gasteiger partial charge in [-0.15, -0.1) is 0 Å². The van der Waals surface area contributed by atoms with E-state index in [1.807, 2.05) is 31.2 Å². The van der Waals surface area contributed by atoms with Crippen molar-refractivity contribution < 1.29 is 13.2 Å². The molecule has 0 aliphatic heterocycles.